The Kier molecular flexibility index (Phi) is 6.63. The fourth-order valence-corrected chi connectivity index (χ4v) is 6.17. The SMILES string of the molecule is C[C@H]1COCCN1c1ccc2c(-c3nc(S(C)(=O)=O)ncc3C(F)(F)F)cn(S(=O)(=O)c3ccccc3)c2n1. The number of halogens is 3. The minimum Gasteiger partial charge on any atom is -0.377 e. The van der Waals surface area contributed by atoms with Crippen LogP contribution in [0.3, 0.4) is 0 Å². The van der Waals surface area contributed by atoms with Crippen LogP contribution >= 0.6 is 0 Å². The molecule has 0 unspecified atom stereocenters. The Hall–Kier alpha value is -3.56. The summed E-state index contributed by atoms with van der Waals surface area (Å²) in [5.74, 6) is 0.406. The van der Waals surface area contributed by atoms with Gasteiger partial charge in [-0.3, -0.25) is 0 Å². The molecular weight excluding hydrogens is 559 g/mol. The predicted molar refractivity (Wildman–Crippen MR) is 136 cm³/mol. The van der Waals surface area contributed by atoms with Crippen molar-refractivity contribution in [2.75, 3.05) is 30.9 Å². The maximum absolute atomic E-state index is 14.0. The van der Waals surface area contributed by atoms with E-state index in [1.165, 1.54) is 30.3 Å². The highest BCUT2D eigenvalue weighted by Gasteiger charge is 2.38. The highest BCUT2D eigenvalue weighted by molar-refractivity contribution is 7.90. The molecule has 15 heteroatoms. The van der Waals surface area contributed by atoms with E-state index in [-0.39, 0.29) is 27.5 Å². The number of sulfone groups is 1. The van der Waals surface area contributed by atoms with Crippen molar-refractivity contribution < 1.29 is 34.7 Å². The van der Waals surface area contributed by atoms with Gasteiger partial charge in [0.15, 0.2) is 5.65 Å². The number of alkyl halides is 3. The number of aromatic nitrogens is 4. The normalized spacial score (nSPS) is 17.1. The van der Waals surface area contributed by atoms with E-state index in [0.29, 0.717) is 31.8 Å². The van der Waals surface area contributed by atoms with Gasteiger partial charge in [0.05, 0.1) is 29.8 Å². The summed E-state index contributed by atoms with van der Waals surface area (Å²) >= 11 is 0. The summed E-state index contributed by atoms with van der Waals surface area (Å²) in [7, 11) is -8.42. The molecule has 1 aliphatic heterocycles. The summed E-state index contributed by atoms with van der Waals surface area (Å²) in [4.78, 5) is 13.5. The van der Waals surface area contributed by atoms with Crippen LogP contribution in [0.5, 0.6) is 0 Å². The van der Waals surface area contributed by atoms with Gasteiger partial charge in [-0.15, -0.1) is 0 Å². The lowest BCUT2D eigenvalue weighted by Crippen LogP contribution is -2.44. The lowest BCUT2D eigenvalue weighted by Gasteiger charge is -2.34. The molecule has 0 bridgehead atoms. The number of fused-ring (bicyclic) bond motifs is 1. The zero-order valence-electron chi connectivity index (χ0n) is 20.6. The van der Waals surface area contributed by atoms with E-state index in [0.717, 1.165) is 16.4 Å². The van der Waals surface area contributed by atoms with Crippen LogP contribution in [0, 0.1) is 0 Å². The molecule has 1 atom stereocenters. The van der Waals surface area contributed by atoms with Gasteiger partial charge in [0, 0.05) is 36.1 Å². The maximum atomic E-state index is 14.0. The van der Waals surface area contributed by atoms with Gasteiger partial charge >= 0.3 is 6.18 Å². The van der Waals surface area contributed by atoms with Gasteiger partial charge in [0.1, 0.15) is 11.4 Å². The van der Waals surface area contributed by atoms with E-state index < -0.39 is 42.5 Å². The lowest BCUT2D eigenvalue weighted by molar-refractivity contribution is -0.137. The Balaban J connectivity index is 1.83. The van der Waals surface area contributed by atoms with E-state index in [2.05, 4.69) is 15.0 Å². The molecule has 0 spiro atoms. The molecule has 4 heterocycles. The Labute approximate surface area is 222 Å². The average molecular weight is 582 g/mol. The van der Waals surface area contributed by atoms with Crippen molar-refractivity contribution in [3.8, 4) is 11.3 Å². The highest BCUT2D eigenvalue weighted by atomic mass is 32.2. The Bertz CT molecular complexity index is 1780. The first-order valence-corrected chi connectivity index (χ1v) is 14.9. The van der Waals surface area contributed by atoms with Crippen molar-refractivity contribution in [1.82, 2.24) is 18.9 Å². The molecule has 0 aliphatic carbocycles. The van der Waals surface area contributed by atoms with E-state index in [9.17, 15) is 30.0 Å². The Morgan fingerprint density at radius 3 is 2.38 bits per heavy atom. The number of hydrogen-bond acceptors (Lipinski definition) is 9. The van der Waals surface area contributed by atoms with Crippen LogP contribution in [0.25, 0.3) is 22.3 Å². The van der Waals surface area contributed by atoms with Gasteiger partial charge in [-0.05, 0) is 31.2 Å². The van der Waals surface area contributed by atoms with Gasteiger partial charge in [-0.1, -0.05) is 18.2 Å². The predicted octanol–water partition coefficient (Wildman–Crippen LogP) is 3.38. The molecular formula is C24H22F3N5O5S2. The summed E-state index contributed by atoms with van der Waals surface area (Å²) in [6, 6.07) is 10.3. The van der Waals surface area contributed by atoms with E-state index >= 15 is 0 Å². The first kappa shape index (κ1) is 27.0. The maximum Gasteiger partial charge on any atom is 0.419 e. The fraction of sp³-hybridized carbons (Fsp3) is 0.292. The summed E-state index contributed by atoms with van der Waals surface area (Å²) in [5.41, 5.74) is -2.51. The van der Waals surface area contributed by atoms with Crippen molar-refractivity contribution in [2.24, 2.45) is 0 Å². The zero-order valence-corrected chi connectivity index (χ0v) is 22.3. The Morgan fingerprint density at radius 1 is 1.03 bits per heavy atom. The molecule has 0 radical (unpaired) electrons. The van der Waals surface area contributed by atoms with Crippen LogP contribution in [-0.2, 0) is 30.8 Å². The number of nitrogens with zero attached hydrogens (tertiary/aromatic N) is 5. The molecule has 10 nitrogen and oxygen atoms in total. The molecule has 1 aromatic carbocycles. The van der Waals surface area contributed by atoms with Crippen molar-refractivity contribution in [1.29, 1.82) is 0 Å². The molecule has 4 aromatic rings. The molecule has 39 heavy (non-hydrogen) atoms. The monoisotopic (exact) mass is 581 g/mol. The van der Waals surface area contributed by atoms with Gasteiger partial charge in [0.25, 0.3) is 10.0 Å². The number of anilines is 1. The van der Waals surface area contributed by atoms with Crippen LogP contribution in [0.15, 0.2) is 64.9 Å². The first-order valence-electron chi connectivity index (χ1n) is 11.6. The average Bonchev–Trinajstić information content (AvgIpc) is 3.28. The quantitative estimate of drug-likeness (QED) is 0.326. The number of hydrogen-bond donors (Lipinski definition) is 0. The molecule has 1 aliphatic rings. The van der Waals surface area contributed by atoms with E-state index in [1.807, 2.05) is 11.8 Å². The number of morpholine rings is 1. The minimum atomic E-state index is -4.96. The number of ether oxygens (including phenoxy) is 1. The van der Waals surface area contributed by atoms with Gasteiger partial charge < -0.3 is 9.64 Å². The smallest absolute Gasteiger partial charge is 0.377 e. The van der Waals surface area contributed by atoms with Gasteiger partial charge in [0.2, 0.25) is 15.0 Å². The zero-order chi connectivity index (χ0) is 28.2. The second-order valence-corrected chi connectivity index (χ2v) is 12.7. The minimum absolute atomic E-state index is 0.0304. The van der Waals surface area contributed by atoms with Crippen LogP contribution in [-0.4, -0.2) is 67.8 Å². The van der Waals surface area contributed by atoms with Gasteiger partial charge in [-0.25, -0.2) is 35.8 Å². The largest absolute Gasteiger partial charge is 0.419 e. The summed E-state index contributed by atoms with van der Waals surface area (Å²) < 4.78 is 99.9. The van der Waals surface area contributed by atoms with E-state index in [1.54, 1.807) is 12.1 Å². The molecule has 5 rings (SSSR count). The van der Waals surface area contributed by atoms with E-state index in [4.69, 9.17) is 4.74 Å². The Morgan fingerprint density at radius 2 is 1.74 bits per heavy atom. The molecule has 206 valence electrons. The molecule has 1 fully saturated rings. The van der Waals surface area contributed by atoms with Crippen molar-refractivity contribution in [3.63, 3.8) is 0 Å². The van der Waals surface area contributed by atoms with Crippen molar-refractivity contribution in [2.45, 2.75) is 29.2 Å². The van der Waals surface area contributed by atoms with Crippen molar-refractivity contribution >= 4 is 36.7 Å². The molecule has 0 saturated carbocycles. The lowest BCUT2D eigenvalue weighted by atomic mass is 10.1. The van der Waals surface area contributed by atoms with Crippen LogP contribution in [0.2, 0.25) is 0 Å². The summed E-state index contributed by atoms with van der Waals surface area (Å²) in [6.45, 7) is 3.21. The molecule has 0 N–H and O–H groups in total. The number of benzene rings is 1. The number of rotatable bonds is 5. The van der Waals surface area contributed by atoms with Crippen LogP contribution in [0.4, 0.5) is 19.0 Å². The number of pyridine rings is 1. The third-order valence-corrected chi connectivity index (χ3v) is 8.75. The highest BCUT2D eigenvalue weighted by Crippen LogP contribution is 2.40. The van der Waals surface area contributed by atoms with Crippen LogP contribution < -0.4 is 4.90 Å². The third-order valence-electron chi connectivity index (χ3n) is 6.23. The molecule has 0 amide bonds. The standard InChI is InChI=1S/C24H22F3N5O5S2/c1-15-14-37-11-10-31(15)20-9-8-17-18(21-19(24(25,26)27)12-28-23(30-21)38(2,33)34)13-32(22(17)29-20)39(35,36)16-6-4-3-5-7-16/h3-9,12-13,15H,10-11,14H2,1-2H3/t15-/m0/s1. The topological polar surface area (TPSA) is 124 Å². The molecule has 1 saturated heterocycles. The summed E-state index contributed by atoms with van der Waals surface area (Å²) in [5, 5.41) is -0.799. The first-order chi connectivity index (χ1) is 18.3. The van der Waals surface area contributed by atoms with Crippen molar-refractivity contribution in [3.05, 3.63) is 60.4 Å². The second kappa shape index (κ2) is 9.57. The van der Waals surface area contributed by atoms with Gasteiger partial charge in [-0.2, -0.15) is 13.2 Å². The van der Waals surface area contributed by atoms with Crippen LogP contribution in [0.1, 0.15) is 12.5 Å². The fourth-order valence-electron chi connectivity index (χ4n) is 4.33. The third kappa shape index (κ3) is 4.96. The summed E-state index contributed by atoms with van der Waals surface area (Å²) in [6.07, 6.45) is -2.84. The second-order valence-electron chi connectivity index (χ2n) is 9.00. The molecule has 3 aromatic heterocycles.